The lowest BCUT2D eigenvalue weighted by molar-refractivity contribution is 0.0925. The van der Waals surface area contributed by atoms with Crippen LogP contribution in [-0.4, -0.2) is 17.5 Å². The van der Waals surface area contributed by atoms with Gasteiger partial charge in [0.1, 0.15) is 18.1 Å². The number of carbonyl (C=O) groups excluding carboxylic acids is 1. The number of para-hydroxylation sites is 2. The minimum atomic E-state index is -0.177. The van der Waals surface area contributed by atoms with Crippen molar-refractivity contribution in [3.63, 3.8) is 0 Å². The van der Waals surface area contributed by atoms with Crippen molar-refractivity contribution in [2.24, 2.45) is 0 Å². The van der Waals surface area contributed by atoms with Gasteiger partial charge in [-0.3, -0.25) is 4.79 Å². The molecule has 4 nitrogen and oxygen atoms in total. The molecule has 1 unspecified atom stereocenters. The molecule has 0 saturated carbocycles. The molecule has 0 fully saturated rings. The van der Waals surface area contributed by atoms with Gasteiger partial charge in [0.2, 0.25) is 0 Å². The Morgan fingerprint density at radius 3 is 2.87 bits per heavy atom. The molecule has 3 aromatic rings. The van der Waals surface area contributed by atoms with Crippen molar-refractivity contribution in [3.05, 3.63) is 71.4 Å². The number of hydrogen-bond acceptors (Lipinski definition) is 3. The molecule has 0 aliphatic carbocycles. The highest BCUT2D eigenvalue weighted by Gasteiger charge is 2.26. The minimum absolute atomic E-state index is 0.132. The van der Waals surface area contributed by atoms with Crippen LogP contribution in [0.5, 0.6) is 5.75 Å². The number of pyridine rings is 1. The van der Waals surface area contributed by atoms with Crippen molar-refractivity contribution < 1.29 is 9.53 Å². The van der Waals surface area contributed by atoms with Gasteiger partial charge < -0.3 is 10.1 Å². The highest BCUT2D eigenvalue weighted by Crippen LogP contribution is 2.31. The fourth-order valence-electron chi connectivity index (χ4n) is 2.98. The number of nitrogens with one attached hydrogen (secondary N) is 1. The number of nitrogens with zero attached hydrogens (tertiary/aromatic N) is 1. The average molecular weight is 304 g/mol. The van der Waals surface area contributed by atoms with Gasteiger partial charge in [-0.2, -0.15) is 0 Å². The van der Waals surface area contributed by atoms with E-state index in [1.54, 1.807) is 0 Å². The summed E-state index contributed by atoms with van der Waals surface area (Å²) < 4.78 is 5.61. The summed E-state index contributed by atoms with van der Waals surface area (Å²) in [7, 11) is 0. The molecular weight excluding hydrogens is 288 g/mol. The van der Waals surface area contributed by atoms with Gasteiger partial charge in [-0.1, -0.05) is 36.4 Å². The van der Waals surface area contributed by atoms with Crippen LogP contribution in [0.25, 0.3) is 10.9 Å². The Morgan fingerprint density at radius 1 is 1.17 bits per heavy atom. The summed E-state index contributed by atoms with van der Waals surface area (Å²) in [6.07, 6.45) is 0. The Hall–Kier alpha value is -2.88. The highest BCUT2D eigenvalue weighted by atomic mass is 16.5. The van der Waals surface area contributed by atoms with Crippen LogP contribution in [0.1, 0.15) is 27.7 Å². The lowest BCUT2D eigenvalue weighted by Gasteiger charge is -2.12. The molecule has 1 atom stereocenters. The molecule has 1 aromatic heterocycles. The van der Waals surface area contributed by atoms with Crippen LogP contribution in [-0.2, 0) is 0 Å². The molecule has 0 radical (unpaired) electrons. The Bertz CT molecular complexity index is 905. The summed E-state index contributed by atoms with van der Waals surface area (Å²) in [5, 5.41) is 4.08. The fourth-order valence-corrected chi connectivity index (χ4v) is 2.98. The van der Waals surface area contributed by atoms with Crippen LogP contribution >= 0.6 is 0 Å². The smallest absolute Gasteiger partial charge is 0.270 e. The molecule has 23 heavy (non-hydrogen) atoms. The number of ether oxygens (including phenoxy) is 1. The molecule has 1 aliphatic rings. The molecule has 1 amide bonds. The topological polar surface area (TPSA) is 51.2 Å². The molecule has 1 aliphatic heterocycles. The third-order valence-electron chi connectivity index (χ3n) is 4.16. The van der Waals surface area contributed by atoms with Crippen molar-refractivity contribution in [1.82, 2.24) is 10.3 Å². The molecular formula is C19H16N2O2. The number of amides is 1. The second kappa shape index (κ2) is 5.39. The Kier molecular flexibility index (Phi) is 3.23. The molecule has 4 rings (SSSR count). The normalized spacial score (nSPS) is 16.0. The average Bonchev–Trinajstić information content (AvgIpc) is 2.98. The number of rotatable bonds is 2. The number of aryl methyl sites for hydroxylation is 1. The summed E-state index contributed by atoms with van der Waals surface area (Å²) in [4.78, 5) is 17.1. The van der Waals surface area contributed by atoms with Gasteiger partial charge in [-0.25, -0.2) is 4.98 Å². The molecule has 0 spiro atoms. The molecule has 114 valence electrons. The van der Waals surface area contributed by atoms with Gasteiger partial charge in [0.15, 0.2) is 0 Å². The lowest BCUT2D eigenvalue weighted by atomic mass is 10.1. The second-order valence-corrected chi connectivity index (χ2v) is 5.72. The van der Waals surface area contributed by atoms with Gasteiger partial charge >= 0.3 is 0 Å². The van der Waals surface area contributed by atoms with Crippen LogP contribution in [0, 0.1) is 6.92 Å². The summed E-state index contributed by atoms with van der Waals surface area (Å²) in [5.41, 5.74) is 3.33. The van der Waals surface area contributed by atoms with Gasteiger partial charge in [0, 0.05) is 10.9 Å². The zero-order valence-electron chi connectivity index (χ0n) is 12.7. The number of fused-ring (bicyclic) bond motifs is 2. The third kappa shape index (κ3) is 2.42. The third-order valence-corrected chi connectivity index (χ3v) is 4.16. The first-order valence-electron chi connectivity index (χ1n) is 7.61. The standard InChI is InChI=1S/C19H16N2O2/c1-12-10-16(20-15-8-4-2-6-13(12)15)19(22)21-17-11-23-18-9-5-3-7-14(17)18/h2-10,17H,11H2,1H3,(H,21,22). The maximum Gasteiger partial charge on any atom is 0.270 e. The molecule has 2 heterocycles. The first kappa shape index (κ1) is 13.8. The van der Waals surface area contributed by atoms with Crippen molar-refractivity contribution in [3.8, 4) is 5.75 Å². The second-order valence-electron chi connectivity index (χ2n) is 5.72. The predicted molar refractivity (Wildman–Crippen MR) is 88.6 cm³/mol. The van der Waals surface area contributed by atoms with E-state index in [9.17, 15) is 4.79 Å². The maximum absolute atomic E-state index is 12.6. The summed E-state index contributed by atoms with van der Waals surface area (Å²) in [6.45, 7) is 2.45. The van der Waals surface area contributed by atoms with Crippen molar-refractivity contribution >= 4 is 16.8 Å². The van der Waals surface area contributed by atoms with Crippen molar-refractivity contribution in [2.45, 2.75) is 13.0 Å². The first-order chi connectivity index (χ1) is 11.2. The summed E-state index contributed by atoms with van der Waals surface area (Å²) in [5.74, 6) is 0.657. The van der Waals surface area contributed by atoms with Gasteiger partial charge in [0.25, 0.3) is 5.91 Å². The molecule has 0 bridgehead atoms. The van der Waals surface area contributed by atoms with E-state index in [0.29, 0.717) is 12.3 Å². The fraction of sp³-hybridized carbons (Fsp3) is 0.158. The van der Waals surface area contributed by atoms with E-state index >= 15 is 0 Å². The first-order valence-corrected chi connectivity index (χ1v) is 7.61. The number of aromatic nitrogens is 1. The Labute approximate surface area is 134 Å². The van der Waals surface area contributed by atoms with Gasteiger partial charge in [0.05, 0.1) is 11.6 Å². The van der Waals surface area contributed by atoms with E-state index < -0.39 is 0 Å². The number of hydrogen-bond donors (Lipinski definition) is 1. The van der Waals surface area contributed by atoms with E-state index in [1.807, 2.05) is 61.5 Å². The summed E-state index contributed by atoms with van der Waals surface area (Å²) >= 11 is 0. The van der Waals surface area contributed by atoms with Crippen molar-refractivity contribution in [1.29, 1.82) is 0 Å². The zero-order chi connectivity index (χ0) is 15.8. The quantitative estimate of drug-likeness (QED) is 0.789. The van der Waals surface area contributed by atoms with Crippen LogP contribution < -0.4 is 10.1 Å². The van der Waals surface area contributed by atoms with Crippen LogP contribution in [0.2, 0.25) is 0 Å². The number of benzene rings is 2. The largest absolute Gasteiger partial charge is 0.491 e. The van der Waals surface area contributed by atoms with Gasteiger partial charge in [-0.05, 0) is 30.7 Å². The number of carbonyl (C=O) groups is 1. The van der Waals surface area contributed by atoms with Crippen LogP contribution in [0.3, 0.4) is 0 Å². The zero-order valence-corrected chi connectivity index (χ0v) is 12.7. The van der Waals surface area contributed by atoms with Gasteiger partial charge in [-0.15, -0.1) is 0 Å². The Balaban J connectivity index is 1.63. The molecule has 0 saturated heterocycles. The van der Waals surface area contributed by atoms with Crippen LogP contribution in [0.4, 0.5) is 0 Å². The van der Waals surface area contributed by atoms with E-state index in [2.05, 4.69) is 10.3 Å². The predicted octanol–water partition coefficient (Wildman–Crippen LogP) is 3.41. The van der Waals surface area contributed by atoms with E-state index in [1.165, 1.54) is 0 Å². The van der Waals surface area contributed by atoms with E-state index in [4.69, 9.17) is 4.74 Å². The molecule has 4 heteroatoms. The van der Waals surface area contributed by atoms with E-state index in [-0.39, 0.29) is 11.9 Å². The van der Waals surface area contributed by atoms with Crippen LogP contribution in [0.15, 0.2) is 54.6 Å². The minimum Gasteiger partial charge on any atom is -0.491 e. The van der Waals surface area contributed by atoms with E-state index in [0.717, 1.165) is 27.8 Å². The monoisotopic (exact) mass is 304 g/mol. The maximum atomic E-state index is 12.6. The highest BCUT2D eigenvalue weighted by molar-refractivity contribution is 5.96. The van der Waals surface area contributed by atoms with Crippen molar-refractivity contribution in [2.75, 3.05) is 6.61 Å². The molecule has 1 N–H and O–H groups in total. The molecule has 2 aromatic carbocycles. The Morgan fingerprint density at radius 2 is 1.96 bits per heavy atom. The lowest BCUT2D eigenvalue weighted by Crippen LogP contribution is -2.30. The SMILES string of the molecule is Cc1cc(C(=O)NC2COc3ccccc32)nc2ccccc12. The summed E-state index contributed by atoms with van der Waals surface area (Å²) in [6, 6.07) is 17.3.